The van der Waals surface area contributed by atoms with Crippen molar-refractivity contribution in [1.82, 2.24) is 4.31 Å². The van der Waals surface area contributed by atoms with E-state index in [0.29, 0.717) is 0 Å². The Morgan fingerprint density at radius 2 is 1.38 bits per heavy atom. The third-order valence-electron chi connectivity index (χ3n) is 2.05. The second-order valence-corrected chi connectivity index (χ2v) is 4.88. The molecule has 0 N–H and O–H groups in total. The molecule has 0 aliphatic carbocycles. The lowest BCUT2D eigenvalue weighted by Crippen LogP contribution is -2.36. The predicted octanol–water partition coefficient (Wildman–Crippen LogP) is 0.300. The zero-order chi connectivity index (χ0) is 11.8. The quantitative estimate of drug-likeness (QED) is 0.693. The number of imide groups is 1. The van der Waals surface area contributed by atoms with Crippen molar-refractivity contribution in [2.75, 3.05) is 0 Å². The molecule has 0 atom stereocenters. The van der Waals surface area contributed by atoms with Crippen LogP contribution in [0.2, 0.25) is 0 Å². The summed E-state index contributed by atoms with van der Waals surface area (Å²) in [6.45, 7) is 0. The van der Waals surface area contributed by atoms with Crippen LogP contribution in [0.3, 0.4) is 0 Å². The van der Waals surface area contributed by atoms with Gasteiger partial charge in [-0.15, -0.1) is 0 Å². The van der Waals surface area contributed by atoms with E-state index in [2.05, 4.69) is 0 Å². The number of benzene rings is 1. The molecule has 2 amide bonds. The van der Waals surface area contributed by atoms with Gasteiger partial charge in [0.05, 0.1) is 4.90 Å². The number of nitrogens with zero attached hydrogens (tertiary/aromatic N) is 1. The molecule has 1 heterocycles. The van der Waals surface area contributed by atoms with Crippen LogP contribution in [0, 0.1) is 0 Å². The molecule has 0 saturated heterocycles. The zero-order valence-electron chi connectivity index (χ0n) is 8.03. The fourth-order valence-electron chi connectivity index (χ4n) is 1.32. The van der Waals surface area contributed by atoms with E-state index in [9.17, 15) is 18.0 Å². The Labute approximate surface area is 92.0 Å². The van der Waals surface area contributed by atoms with Crippen LogP contribution in [0.4, 0.5) is 0 Å². The van der Waals surface area contributed by atoms with Crippen molar-refractivity contribution >= 4 is 21.8 Å². The molecule has 1 aromatic rings. The summed E-state index contributed by atoms with van der Waals surface area (Å²) in [6.07, 6.45) is 1.87. The lowest BCUT2D eigenvalue weighted by atomic mass is 10.4. The van der Waals surface area contributed by atoms with E-state index in [1.807, 2.05) is 0 Å². The third kappa shape index (κ3) is 1.53. The third-order valence-corrected chi connectivity index (χ3v) is 3.76. The van der Waals surface area contributed by atoms with E-state index in [1.165, 1.54) is 24.3 Å². The topological polar surface area (TPSA) is 71.5 Å². The van der Waals surface area contributed by atoms with Gasteiger partial charge >= 0.3 is 0 Å². The molecule has 82 valence electrons. The van der Waals surface area contributed by atoms with Gasteiger partial charge in [0.1, 0.15) is 0 Å². The number of rotatable bonds is 2. The van der Waals surface area contributed by atoms with Gasteiger partial charge in [-0.3, -0.25) is 9.59 Å². The molecule has 2 rings (SSSR count). The average molecular weight is 237 g/mol. The van der Waals surface area contributed by atoms with Gasteiger partial charge in [0.15, 0.2) is 0 Å². The molecule has 6 heteroatoms. The van der Waals surface area contributed by atoms with Gasteiger partial charge in [0.25, 0.3) is 21.8 Å². The summed E-state index contributed by atoms with van der Waals surface area (Å²) in [5.41, 5.74) is 0. The van der Waals surface area contributed by atoms with E-state index >= 15 is 0 Å². The van der Waals surface area contributed by atoms with Gasteiger partial charge in [-0.05, 0) is 12.1 Å². The van der Waals surface area contributed by atoms with Crippen molar-refractivity contribution in [3.05, 3.63) is 42.5 Å². The van der Waals surface area contributed by atoms with Crippen LogP contribution >= 0.6 is 0 Å². The fourth-order valence-corrected chi connectivity index (χ4v) is 2.63. The Morgan fingerprint density at radius 3 is 1.88 bits per heavy atom. The molecular formula is C10H7NO4S. The van der Waals surface area contributed by atoms with Crippen molar-refractivity contribution in [1.29, 1.82) is 0 Å². The Kier molecular flexibility index (Phi) is 2.35. The van der Waals surface area contributed by atoms with Crippen molar-refractivity contribution in [2.24, 2.45) is 0 Å². The minimum absolute atomic E-state index is 0.0830. The molecule has 0 aromatic heterocycles. The van der Waals surface area contributed by atoms with E-state index in [-0.39, 0.29) is 9.20 Å². The molecule has 0 bridgehead atoms. The highest BCUT2D eigenvalue weighted by Crippen LogP contribution is 2.18. The van der Waals surface area contributed by atoms with Crippen molar-refractivity contribution < 1.29 is 18.0 Å². The van der Waals surface area contributed by atoms with Crippen LogP contribution in [0.15, 0.2) is 47.4 Å². The first-order valence-corrected chi connectivity index (χ1v) is 5.84. The van der Waals surface area contributed by atoms with E-state index in [0.717, 1.165) is 12.2 Å². The van der Waals surface area contributed by atoms with Crippen LogP contribution in [-0.4, -0.2) is 24.5 Å². The van der Waals surface area contributed by atoms with Crippen molar-refractivity contribution in [2.45, 2.75) is 4.90 Å². The number of carbonyl (C=O) groups is 2. The van der Waals surface area contributed by atoms with E-state index in [4.69, 9.17) is 0 Å². The first kappa shape index (κ1) is 10.6. The maximum atomic E-state index is 11.9. The van der Waals surface area contributed by atoms with Gasteiger partial charge in [-0.1, -0.05) is 18.2 Å². The SMILES string of the molecule is O=C1C=CC(=O)N1S(=O)(=O)c1ccccc1. The highest BCUT2D eigenvalue weighted by Gasteiger charge is 2.36. The molecule has 16 heavy (non-hydrogen) atoms. The van der Waals surface area contributed by atoms with Crippen LogP contribution in [0.5, 0.6) is 0 Å². The minimum atomic E-state index is -4.07. The summed E-state index contributed by atoms with van der Waals surface area (Å²) in [4.78, 5) is 22.4. The van der Waals surface area contributed by atoms with Gasteiger partial charge in [-0.25, -0.2) is 8.42 Å². The summed E-state index contributed by atoms with van der Waals surface area (Å²) in [7, 11) is -4.07. The second-order valence-electron chi connectivity index (χ2n) is 3.09. The summed E-state index contributed by atoms with van der Waals surface area (Å²) < 4.78 is 24.1. The second kappa shape index (κ2) is 3.57. The molecular weight excluding hydrogens is 230 g/mol. The molecule has 1 aliphatic rings. The lowest BCUT2D eigenvalue weighted by molar-refractivity contribution is -0.130. The maximum absolute atomic E-state index is 11.9. The molecule has 5 nitrogen and oxygen atoms in total. The number of carbonyl (C=O) groups excluding carboxylic acids is 2. The van der Waals surface area contributed by atoms with Gasteiger partial charge in [0, 0.05) is 12.2 Å². The molecule has 0 unspecified atom stereocenters. The Bertz CT molecular complexity index is 556. The van der Waals surface area contributed by atoms with Crippen LogP contribution in [-0.2, 0) is 19.6 Å². The monoisotopic (exact) mass is 237 g/mol. The molecule has 0 radical (unpaired) electrons. The number of hydrogen-bond donors (Lipinski definition) is 0. The predicted molar refractivity (Wildman–Crippen MR) is 54.6 cm³/mol. The first-order valence-electron chi connectivity index (χ1n) is 4.40. The average Bonchev–Trinajstić information content (AvgIpc) is 2.60. The van der Waals surface area contributed by atoms with Crippen LogP contribution < -0.4 is 0 Å². The smallest absolute Gasteiger partial charge is 0.268 e. The summed E-state index contributed by atoms with van der Waals surface area (Å²) in [5, 5.41) is 0. The summed E-state index contributed by atoms with van der Waals surface area (Å²) >= 11 is 0. The number of amides is 2. The normalized spacial score (nSPS) is 15.9. The highest BCUT2D eigenvalue weighted by molar-refractivity contribution is 7.90. The highest BCUT2D eigenvalue weighted by atomic mass is 32.2. The summed E-state index contributed by atoms with van der Waals surface area (Å²) in [6, 6.07) is 7.34. The largest absolute Gasteiger partial charge is 0.273 e. The Balaban J connectivity index is 2.49. The molecule has 0 saturated carbocycles. The zero-order valence-corrected chi connectivity index (χ0v) is 8.85. The molecule has 1 aliphatic heterocycles. The fraction of sp³-hybridized carbons (Fsp3) is 0. The van der Waals surface area contributed by atoms with Gasteiger partial charge in [0.2, 0.25) is 0 Å². The Morgan fingerprint density at radius 1 is 0.875 bits per heavy atom. The van der Waals surface area contributed by atoms with E-state index < -0.39 is 21.8 Å². The molecule has 0 spiro atoms. The van der Waals surface area contributed by atoms with Crippen molar-refractivity contribution in [3.63, 3.8) is 0 Å². The summed E-state index contributed by atoms with van der Waals surface area (Å²) in [5.74, 6) is -1.68. The standard InChI is InChI=1S/C10H7NO4S/c12-9-6-7-10(13)11(9)16(14,15)8-4-2-1-3-5-8/h1-7H. The minimum Gasteiger partial charge on any atom is -0.268 e. The van der Waals surface area contributed by atoms with E-state index in [1.54, 1.807) is 6.07 Å². The first-order chi connectivity index (χ1) is 7.53. The number of sulfonamides is 1. The maximum Gasteiger partial charge on any atom is 0.273 e. The van der Waals surface area contributed by atoms with Gasteiger partial charge in [-0.2, -0.15) is 4.31 Å². The number of hydrogen-bond acceptors (Lipinski definition) is 4. The molecule has 0 fully saturated rings. The van der Waals surface area contributed by atoms with Crippen molar-refractivity contribution in [3.8, 4) is 0 Å². The van der Waals surface area contributed by atoms with Crippen LogP contribution in [0.1, 0.15) is 0 Å². The lowest BCUT2D eigenvalue weighted by Gasteiger charge is -2.13. The van der Waals surface area contributed by atoms with Gasteiger partial charge < -0.3 is 0 Å². The Hall–Kier alpha value is -1.95. The van der Waals surface area contributed by atoms with Crippen LogP contribution in [0.25, 0.3) is 0 Å². The molecule has 1 aromatic carbocycles.